The number of hydrogen-bond acceptors (Lipinski definition) is 3. The lowest BCUT2D eigenvalue weighted by Gasteiger charge is -2.26. The number of nitrogens with zero attached hydrogens (tertiary/aromatic N) is 2. The Morgan fingerprint density at radius 1 is 1.24 bits per heavy atom. The minimum Gasteiger partial charge on any atom is -0.357 e. The van der Waals surface area contributed by atoms with E-state index in [-0.39, 0.29) is 6.04 Å². The summed E-state index contributed by atoms with van der Waals surface area (Å²) in [7, 11) is -3.40. The number of piperidine rings is 1. The average molecular weight is 367 g/mol. The molecule has 0 atom stereocenters. The van der Waals surface area contributed by atoms with Gasteiger partial charge in [0, 0.05) is 25.7 Å². The summed E-state index contributed by atoms with van der Waals surface area (Å²) in [5.74, 6) is 0.738. The monoisotopic (exact) mass is 366 g/mol. The van der Waals surface area contributed by atoms with E-state index in [0.29, 0.717) is 24.5 Å². The highest BCUT2D eigenvalue weighted by molar-refractivity contribution is 7.89. The van der Waals surface area contributed by atoms with Crippen molar-refractivity contribution >= 4 is 16.0 Å². The van der Waals surface area contributed by atoms with Crippen molar-refractivity contribution in [3.05, 3.63) is 29.8 Å². The molecule has 0 radical (unpaired) electrons. The van der Waals surface area contributed by atoms with Crippen LogP contribution in [0.1, 0.15) is 45.6 Å². The van der Waals surface area contributed by atoms with E-state index in [9.17, 15) is 8.42 Å². The maximum Gasteiger partial charge on any atom is 0.243 e. The standard InChI is InChI=1S/C18H30N4O2S/c1-4-19-18(21-15(2)3)20-14-16-9-8-10-17(13-16)25(23,24)22-11-6-5-7-12-22/h8-10,13,15H,4-7,11-12,14H2,1-3H3,(H2,19,20,21). The molecule has 7 heteroatoms. The number of nitrogens with one attached hydrogen (secondary N) is 2. The molecule has 1 aliphatic heterocycles. The lowest BCUT2D eigenvalue weighted by Crippen LogP contribution is -2.41. The number of sulfonamides is 1. The number of aliphatic imine (C=N–C) groups is 1. The van der Waals surface area contributed by atoms with E-state index in [4.69, 9.17) is 0 Å². The van der Waals surface area contributed by atoms with E-state index in [0.717, 1.165) is 37.3 Å². The minimum absolute atomic E-state index is 0.281. The first-order valence-electron chi connectivity index (χ1n) is 9.07. The molecule has 1 aliphatic rings. The zero-order chi connectivity index (χ0) is 18.3. The lowest BCUT2D eigenvalue weighted by atomic mass is 10.2. The first kappa shape index (κ1) is 19.7. The molecule has 0 aromatic heterocycles. The summed E-state index contributed by atoms with van der Waals surface area (Å²) in [6.07, 6.45) is 2.99. The quantitative estimate of drug-likeness (QED) is 0.599. The molecule has 25 heavy (non-hydrogen) atoms. The molecular weight excluding hydrogens is 336 g/mol. The number of rotatable bonds is 6. The number of guanidine groups is 1. The average Bonchev–Trinajstić information content (AvgIpc) is 2.60. The van der Waals surface area contributed by atoms with E-state index >= 15 is 0 Å². The third kappa shape index (κ3) is 5.71. The normalized spacial score (nSPS) is 16.9. The molecule has 0 unspecified atom stereocenters. The molecule has 0 spiro atoms. The van der Waals surface area contributed by atoms with E-state index in [1.54, 1.807) is 22.5 Å². The summed E-state index contributed by atoms with van der Waals surface area (Å²) in [4.78, 5) is 4.91. The second-order valence-electron chi connectivity index (χ2n) is 6.61. The lowest BCUT2D eigenvalue weighted by molar-refractivity contribution is 0.346. The number of hydrogen-bond donors (Lipinski definition) is 2. The van der Waals surface area contributed by atoms with Crippen molar-refractivity contribution in [2.24, 2.45) is 4.99 Å². The van der Waals surface area contributed by atoms with Crippen LogP contribution >= 0.6 is 0 Å². The van der Waals surface area contributed by atoms with Crippen LogP contribution in [0.3, 0.4) is 0 Å². The molecule has 2 rings (SSSR count). The van der Waals surface area contributed by atoms with Crippen LogP contribution in [0.2, 0.25) is 0 Å². The Labute approximate surface area is 151 Å². The molecule has 1 aromatic rings. The summed E-state index contributed by atoms with van der Waals surface area (Å²) in [6.45, 7) is 8.58. The largest absolute Gasteiger partial charge is 0.357 e. The van der Waals surface area contributed by atoms with Crippen molar-refractivity contribution in [3.63, 3.8) is 0 Å². The highest BCUT2D eigenvalue weighted by Crippen LogP contribution is 2.21. The van der Waals surface area contributed by atoms with Crippen molar-refractivity contribution in [1.29, 1.82) is 0 Å². The van der Waals surface area contributed by atoms with E-state index in [1.807, 2.05) is 13.0 Å². The highest BCUT2D eigenvalue weighted by Gasteiger charge is 2.25. The van der Waals surface area contributed by atoms with Gasteiger partial charge in [0.1, 0.15) is 0 Å². The second-order valence-corrected chi connectivity index (χ2v) is 8.54. The third-order valence-corrected chi connectivity index (χ3v) is 5.94. The molecule has 0 aliphatic carbocycles. The van der Waals surface area contributed by atoms with Crippen LogP contribution in [0.15, 0.2) is 34.2 Å². The van der Waals surface area contributed by atoms with Crippen molar-refractivity contribution in [2.45, 2.75) is 57.5 Å². The SMILES string of the molecule is CCNC(=NCc1cccc(S(=O)(=O)N2CCCCC2)c1)NC(C)C. The zero-order valence-corrected chi connectivity index (χ0v) is 16.3. The van der Waals surface area contributed by atoms with Gasteiger partial charge in [0.15, 0.2) is 5.96 Å². The van der Waals surface area contributed by atoms with Gasteiger partial charge >= 0.3 is 0 Å². The van der Waals surface area contributed by atoms with Crippen LogP contribution in [-0.2, 0) is 16.6 Å². The van der Waals surface area contributed by atoms with Gasteiger partial charge in [0.05, 0.1) is 11.4 Å². The van der Waals surface area contributed by atoms with Crippen molar-refractivity contribution in [1.82, 2.24) is 14.9 Å². The first-order valence-corrected chi connectivity index (χ1v) is 10.5. The smallest absolute Gasteiger partial charge is 0.243 e. The molecule has 0 bridgehead atoms. The molecule has 0 saturated carbocycles. The summed E-state index contributed by atoms with van der Waals surface area (Å²) in [5.41, 5.74) is 0.888. The molecule has 0 amide bonds. The van der Waals surface area contributed by atoms with E-state index < -0.39 is 10.0 Å². The molecule has 1 aromatic carbocycles. The van der Waals surface area contributed by atoms with Gasteiger partial charge in [0.25, 0.3) is 0 Å². The van der Waals surface area contributed by atoms with Gasteiger partial charge in [-0.05, 0) is 51.3 Å². The Bertz CT molecular complexity index is 680. The van der Waals surface area contributed by atoms with Gasteiger partial charge in [-0.2, -0.15) is 4.31 Å². The Kier molecular flexibility index (Phi) is 7.25. The Balaban J connectivity index is 2.14. The summed E-state index contributed by atoms with van der Waals surface area (Å²) < 4.78 is 27.2. The molecular formula is C18H30N4O2S. The molecule has 1 heterocycles. The molecule has 2 N–H and O–H groups in total. The zero-order valence-electron chi connectivity index (χ0n) is 15.5. The molecule has 140 valence electrons. The summed E-state index contributed by atoms with van der Waals surface area (Å²) in [6, 6.07) is 7.41. The van der Waals surface area contributed by atoms with E-state index in [1.165, 1.54) is 0 Å². The fourth-order valence-electron chi connectivity index (χ4n) is 2.82. The predicted octanol–water partition coefficient (Wildman–Crippen LogP) is 2.32. The predicted molar refractivity (Wildman–Crippen MR) is 102 cm³/mol. The Morgan fingerprint density at radius 2 is 1.96 bits per heavy atom. The van der Waals surface area contributed by atoms with Gasteiger partial charge in [-0.25, -0.2) is 13.4 Å². The minimum atomic E-state index is -3.40. The maximum atomic E-state index is 12.8. The van der Waals surface area contributed by atoms with Crippen molar-refractivity contribution in [3.8, 4) is 0 Å². The van der Waals surface area contributed by atoms with Crippen LogP contribution < -0.4 is 10.6 Å². The van der Waals surface area contributed by atoms with Gasteiger partial charge in [0.2, 0.25) is 10.0 Å². The van der Waals surface area contributed by atoms with Gasteiger partial charge < -0.3 is 10.6 Å². The fourth-order valence-corrected chi connectivity index (χ4v) is 4.41. The highest BCUT2D eigenvalue weighted by atomic mass is 32.2. The van der Waals surface area contributed by atoms with Crippen LogP contribution in [0, 0.1) is 0 Å². The van der Waals surface area contributed by atoms with Gasteiger partial charge in [-0.1, -0.05) is 18.6 Å². The van der Waals surface area contributed by atoms with Crippen LogP contribution in [0.4, 0.5) is 0 Å². The van der Waals surface area contributed by atoms with Crippen molar-refractivity contribution < 1.29 is 8.42 Å². The van der Waals surface area contributed by atoms with Crippen LogP contribution in [0.25, 0.3) is 0 Å². The van der Waals surface area contributed by atoms with Gasteiger partial charge in [-0.3, -0.25) is 0 Å². The third-order valence-electron chi connectivity index (χ3n) is 4.04. The van der Waals surface area contributed by atoms with Crippen LogP contribution in [0.5, 0.6) is 0 Å². The Hall–Kier alpha value is -1.60. The number of benzene rings is 1. The Morgan fingerprint density at radius 3 is 2.60 bits per heavy atom. The molecule has 6 nitrogen and oxygen atoms in total. The summed E-state index contributed by atoms with van der Waals surface area (Å²) in [5, 5.41) is 6.45. The fraction of sp³-hybridized carbons (Fsp3) is 0.611. The second kappa shape index (κ2) is 9.20. The molecule has 1 saturated heterocycles. The first-order chi connectivity index (χ1) is 11.9. The van der Waals surface area contributed by atoms with Crippen molar-refractivity contribution in [2.75, 3.05) is 19.6 Å². The summed E-state index contributed by atoms with van der Waals surface area (Å²) >= 11 is 0. The topological polar surface area (TPSA) is 73.8 Å². The van der Waals surface area contributed by atoms with E-state index in [2.05, 4.69) is 29.5 Å². The molecule has 1 fully saturated rings. The van der Waals surface area contributed by atoms with Gasteiger partial charge in [-0.15, -0.1) is 0 Å². The maximum absolute atomic E-state index is 12.8. The van der Waals surface area contributed by atoms with Crippen LogP contribution in [-0.4, -0.2) is 44.4 Å².